The Labute approximate surface area is 116 Å². The molecule has 1 aromatic heterocycles. The maximum atomic E-state index is 11.2. The summed E-state index contributed by atoms with van der Waals surface area (Å²) in [6.45, 7) is 3.53. The van der Waals surface area contributed by atoms with E-state index in [4.69, 9.17) is 0 Å². The normalized spacial score (nSPS) is 15.9. The third-order valence-electron chi connectivity index (χ3n) is 3.62. The monoisotopic (exact) mass is 275 g/mol. The molecule has 1 saturated carbocycles. The van der Waals surface area contributed by atoms with E-state index in [1.54, 1.807) is 25.2 Å². The van der Waals surface area contributed by atoms with E-state index in [0.717, 1.165) is 11.1 Å². The molecule has 1 aliphatic rings. The molecule has 1 N–H and O–H groups in total. The molecule has 100 valence electrons. The summed E-state index contributed by atoms with van der Waals surface area (Å²) in [5.41, 5.74) is 1.40. The summed E-state index contributed by atoms with van der Waals surface area (Å²) in [4.78, 5) is 15.8. The minimum atomic E-state index is -0.754. The quantitative estimate of drug-likeness (QED) is 0.922. The average molecular weight is 275 g/mol. The number of hydrogen-bond acceptors (Lipinski definition) is 3. The maximum Gasteiger partial charge on any atom is 0.309 e. The van der Waals surface area contributed by atoms with E-state index in [1.165, 1.54) is 22.5 Å². The molecule has 0 radical (unpaired) electrons. The Kier molecular flexibility index (Phi) is 2.86. The van der Waals surface area contributed by atoms with Gasteiger partial charge in [0.1, 0.15) is 0 Å². The predicted molar refractivity (Wildman–Crippen MR) is 76.7 cm³/mol. The number of hydrogen-bond donors (Lipinski definition) is 1. The standard InChI is InChI=1S/C15H17NO2S/c1-15(2,14(17)18)8-9-3-6-11-12(7-9)19-13(16-11)10-4-5-10/h3,6-7,10H,4-5,8H2,1-2H3,(H,17,18). The number of thiazole rings is 1. The van der Waals surface area contributed by atoms with Crippen molar-refractivity contribution in [3.63, 3.8) is 0 Å². The zero-order chi connectivity index (χ0) is 13.6. The van der Waals surface area contributed by atoms with Crippen LogP contribution in [0.5, 0.6) is 0 Å². The molecule has 1 fully saturated rings. The summed E-state index contributed by atoms with van der Waals surface area (Å²) in [5, 5.41) is 10.4. The van der Waals surface area contributed by atoms with Crippen LogP contribution in [0.3, 0.4) is 0 Å². The van der Waals surface area contributed by atoms with Crippen LogP contribution >= 0.6 is 11.3 Å². The number of fused-ring (bicyclic) bond motifs is 1. The Morgan fingerprint density at radius 1 is 1.47 bits per heavy atom. The van der Waals surface area contributed by atoms with Gasteiger partial charge < -0.3 is 5.11 Å². The highest BCUT2D eigenvalue weighted by Crippen LogP contribution is 2.43. The lowest BCUT2D eigenvalue weighted by Gasteiger charge is -2.18. The number of aromatic nitrogens is 1. The van der Waals surface area contributed by atoms with Crippen molar-refractivity contribution in [2.75, 3.05) is 0 Å². The lowest BCUT2D eigenvalue weighted by molar-refractivity contribution is -0.146. The highest BCUT2D eigenvalue weighted by atomic mass is 32.1. The topological polar surface area (TPSA) is 50.2 Å². The molecule has 3 nitrogen and oxygen atoms in total. The van der Waals surface area contributed by atoms with Gasteiger partial charge in [0.05, 0.1) is 20.6 Å². The number of benzene rings is 1. The SMILES string of the molecule is CC(C)(Cc1ccc2nc(C3CC3)sc2c1)C(=O)O. The maximum absolute atomic E-state index is 11.2. The second-order valence-electron chi connectivity index (χ2n) is 5.99. The Morgan fingerprint density at radius 2 is 2.21 bits per heavy atom. The van der Waals surface area contributed by atoms with E-state index >= 15 is 0 Å². The van der Waals surface area contributed by atoms with Gasteiger partial charge in [-0.1, -0.05) is 6.07 Å². The van der Waals surface area contributed by atoms with Crippen LogP contribution in [0.15, 0.2) is 18.2 Å². The number of rotatable bonds is 4. The minimum Gasteiger partial charge on any atom is -0.481 e. The van der Waals surface area contributed by atoms with Crippen LogP contribution in [0.1, 0.15) is 43.2 Å². The van der Waals surface area contributed by atoms with Crippen molar-refractivity contribution in [3.8, 4) is 0 Å². The molecular weight excluding hydrogens is 258 g/mol. The zero-order valence-electron chi connectivity index (χ0n) is 11.1. The first kappa shape index (κ1) is 12.6. The van der Waals surface area contributed by atoms with E-state index in [9.17, 15) is 9.90 Å². The third kappa shape index (κ3) is 2.50. The van der Waals surface area contributed by atoms with Gasteiger partial charge in [-0.2, -0.15) is 0 Å². The summed E-state index contributed by atoms with van der Waals surface area (Å²) in [5.74, 6) is -0.0770. The summed E-state index contributed by atoms with van der Waals surface area (Å²) in [7, 11) is 0. The van der Waals surface area contributed by atoms with Gasteiger partial charge in [-0.3, -0.25) is 4.79 Å². The van der Waals surface area contributed by atoms with Crippen molar-refractivity contribution >= 4 is 27.5 Å². The van der Waals surface area contributed by atoms with Gasteiger partial charge in [0.15, 0.2) is 0 Å². The molecule has 0 bridgehead atoms. The number of carboxylic acid groups (broad SMARTS) is 1. The van der Waals surface area contributed by atoms with Crippen molar-refractivity contribution in [1.29, 1.82) is 0 Å². The largest absolute Gasteiger partial charge is 0.481 e. The molecule has 0 amide bonds. The van der Waals surface area contributed by atoms with Crippen molar-refractivity contribution < 1.29 is 9.90 Å². The van der Waals surface area contributed by atoms with Crippen molar-refractivity contribution in [2.45, 2.75) is 39.0 Å². The number of nitrogens with zero attached hydrogens (tertiary/aromatic N) is 1. The molecule has 1 aromatic carbocycles. The van der Waals surface area contributed by atoms with Crippen LogP contribution in [0, 0.1) is 5.41 Å². The molecule has 0 saturated heterocycles. The third-order valence-corrected chi connectivity index (χ3v) is 4.80. The van der Waals surface area contributed by atoms with E-state index < -0.39 is 11.4 Å². The average Bonchev–Trinajstić information content (AvgIpc) is 3.09. The fourth-order valence-electron chi connectivity index (χ4n) is 2.19. The van der Waals surface area contributed by atoms with E-state index in [2.05, 4.69) is 11.1 Å². The smallest absolute Gasteiger partial charge is 0.309 e. The van der Waals surface area contributed by atoms with E-state index in [-0.39, 0.29) is 0 Å². The first-order chi connectivity index (χ1) is 8.95. The van der Waals surface area contributed by atoms with E-state index in [0.29, 0.717) is 12.3 Å². The summed E-state index contributed by atoms with van der Waals surface area (Å²) >= 11 is 1.76. The highest BCUT2D eigenvalue weighted by molar-refractivity contribution is 7.18. The van der Waals surface area contributed by atoms with E-state index in [1.807, 2.05) is 12.1 Å². The second kappa shape index (κ2) is 4.30. The van der Waals surface area contributed by atoms with Gasteiger partial charge in [0.25, 0.3) is 0 Å². The van der Waals surface area contributed by atoms with Crippen LogP contribution in [0.2, 0.25) is 0 Å². The van der Waals surface area contributed by atoms with Crippen LogP contribution in [-0.2, 0) is 11.2 Å². The molecule has 1 aliphatic carbocycles. The van der Waals surface area contributed by atoms with Gasteiger partial charge in [-0.15, -0.1) is 11.3 Å². The molecule has 4 heteroatoms. The fraction of sp³-hybridized carbons (Fsp3) is 0.467. The summed E-state index contributed by atoms with van der Waals surface area (Å²) < 4.78 is 1.18. The predicted octanol–water partition coefficient (Wildman–Crippen LogP) is 3.83. The molecular formula is C15H17NO2S. The van der Waals surface area contributed by atoms with Gasteiger partial charge in [-0.25, -0.2) is 4.98 Å². The Bertz CT molecular complexity index is 641. The van der Waals surface area contributed by atoms with Crippen molar-refractivity contribution in [1.82, 2.24) is 4.98 Å². The molecule has 1 heterocycles. The number of carbonyl (C=O) groups is 1. The van der Waals surface area contributed by atoms with Gasteiger partial charge in [-0.05, 0) is 50.8 Å². The second-order valence-corrected chi connectivity index (χ2v) is 7.06. The van der Waals surface area contributed by atoms with Crippen molar-refractivity contribution in [3.05, 3.63) is 28.8 Å². The number of aliphatic carboxylic acids is 1. The van der Waals surface area contributed by atoms with Gasteiger partial charge in [0, 0.05) is 5.92 Å². The first-order valence-corrected chi connectivity index (χ1v) is 7.40. The molecule has 0 unspecified atom stereocenters. The summed E-state index contributed by atoms with van der Waals surface area (Å²) in [6, 6.07) is 6.12. The van der Waals surface area contributed by atoms with Crippen LogP contribution < -0.4 is 0 Å². The first-order valence-electron chi connectivity index (χ1n) is 6.58. The zero-order valence-corrected chi connectivity index (χ0v) is 12.0. The molecule has 0 spiro atoms. The lowest BCUT2D eigenvalue weighted by atomic mass is 9.86. The van der Waals surface area contributed by atoms with Crippen LogP contribution in [0.4, 0.5) is 0 Å². The Morgan fingerprint density at radius 3 is 2.84 bits per heavy atom. The Balaban J connectivity index is 1.90. The lowest BCUT2D eigenvalue weighted by Crippen LogP contribution is -2.26. The van der Waals surface area contributed by atoms with Gasteiger partial charge in [0.2, 0.25) is 0 Å². The molecule has 0 atom stereocenters. The number of carboxylic acids is 1. The molecule has 2 aromatic rings. The summed E-state index contributed by atoms with van der Waals surface area (Å²) in [6.07, 6.45) is 3.08. The minimum absolute atomic E-state index is 0.551. The van der Waals surface area contributed by atoms with Crippen LogP contribution in [-0.4, -0.2) is 16.1 Å². The van der Waals surface area contributed by atoms with Crippen molar-refractivity contribution in [2.24, 2.45) is 5.41 Å². The molecule has 3 rings (SSSR count). The Hall–Kier alpha value is -1.42. The molecule has 19 heavy (non-hydrogen) atoms. The van der Waals surface area contributed by atoms with Crippen LogP contribution in [0.25, 0.3) is 10.2 Å². The van der Waals surface area contributed by atoms with Gasteiger partial charge >= 0.3 is 5.97 Å². The molecule has 0 aliphatic heterocycles. The highest BCUT2D eigenvalue weighted by Gasteiger charge is 2.29. The fourth-order valence-corrected chi connectivity index (χ4v) is 3.39.